The lowest BCUT2D eigenvalue weighted by Gasteiger charge is -2.20. The molecule has 1 unspecified atom stereocenters. The van der Waals surface area contributed by atoms with E-state index in [0.717, 1.165) is 0 Å². The molecule has 2 rings (SSSR count). The van der Waals surface area contributed by atoms with E-state index in [9.17, 15) is 9.59 Å². The Labute approximate surface area is 113 Å². The summed E-state index contributed by atoms with van der Waals surface area (Å²) in [7, 11) is 0. The van der Waals surface area contributed by atoms with Crippen molar-refractivity contribution in [1.29, 1.82) is 0 Å². The zero-order chi connectivity index (χ0) is 13.3. The summed E-state index contributed by atoms with van der Waals surface area (Å²) in [6.45, 7) is 2.68. The second-order valence-corrected chi connectivity index (χ2v) is 5.56. The van der Waals surface area contributed by atoms with Crippen molar-refractivity contribution in [2.75, 3.05) is 13.1 Å². The molecule has 5 nitrogen and oxygen atoms in total. The first-order chi connectivity index (χ1) is 8.42. The quantitative estimate of drug-likeness (QED) is 0.833. The maximum absolute atomic E-state index is 12.2. The molecule has 2 amide bonds. The van der Waals surface area contributed by atoms with E-state index in [2.05, 4.69) is 20.9 Å². The van der Waals surface area contributed by atoms with Crippen molar-refractivity contribution >= 4 is 27.7 Å². The molecule has 0 saturated carbocycles. The third-order valence-electron chi connectivity index (χ3n) is 3.29. The van der Waals surface area contributed by atoms with Gasteiger partial charge in [-0.2, -0.15) is 0 Å². The van der Waals surface area contributed by atoms with Gasteiger partial charge in [0.15, 0.2) is 0 Å². The maximum atomic E-state index is 12.2. The van der Waals surface area contributed by atoms with Crippen LogP contribution in [0.4, 0.5) is 0 Å². The average Bonchev–Trinajstić information content (AvgIpc) is 2.72. The molecule has 0 aromatic carbocycles. The van der Waals surface area contributed by atoms with Gasteiger partial charge in [-0.1, -0.05) is 6.07 Å². The van der Waals surface area contributed by atoms with E-state index in [0.29, 0.717) is 29.8 Å². The third kappa shape index (κ3) is 2.38. The number of nitrogens with zero attached hydrogens (tertiary/aromatic N) is 2. The van der Waals surface area contributed by atoms with Crippen LogP contribution in [0, 0.1) is 5.41 Å². The van der Waals surface area contributed by atoms with Gasteiger partial charge in [-0.15, -0.1) is 0 Å². The lowest BCUT2D eigenvalue weighted by Crippen LogP contribution is -2.38. The molecule has 1 saturated heterocycles. The van der Waals surface area contributed by atoms with Crippen LogP contribution in [0.1, 0.15) is 23.8 Å². The summed E-state index contributed by atoms with van der Waals surface area (Å²) in [6.07, 6.45) is 0.599. The molecule has 1 aromatic rings. The lowest BCUT2D eigenvalue weighted by molar-refractivity contribution is -0.126. The van der Waals surface area contributed by atoms with Crippen molar-refractivity contribution in [3.05, 3.63) is 28.5 Å². The summed E-state index contributed by atoms with van der Waals surface area (Å²) in [5.41, 5.74) is 5.11. The molecule has 1 fully saturated rings. The highest BCUT2D eigenvalue weighted by Gasteiger charge is 2.41. The number of amides is 2. The van der Waals surface area contributed by atoms with Gasteiger partial charge in [-0.25, -0.2) is 4.98 Å². The van der Waals surface area contributed by atoms with Crippen LogP contribution in [0.25, 0.3) is 0 Å². The molecule has 1 aromatic heterocycles. The summed E-state index contributed by atoms with van der Waals surface area (Å²) >= 11 is 3.23. The van der Waals surface area contributed by atoms with Gasteiger partial charge in [0.25, 0.3) is 5.91 Å². The summed E-state index contributed by atoms with van der Waals surface area (Å²) in [5.74, 6) is -0.527. The molecule has 0 spiro atoms. The van der Waals surface area contributed by atoms with Crippen molar-refractivity contribution in [3.63, 3.8) is 0 Å². The predicted molar refractivity (Wildman–Crippen MR) is 69.8 cm³/mol. The Bertz CT molecular complexity index is 506. The fourth-order valence-electron chi connectivity index (χ4n) is 2.02. The summed E-state index contributed by atoms with van der Waals surface area (Å²) < 4.78 is 0.616. The molecular weight excluding hydrogens is 298 g/mol. The Kier molecular flexibility index (Phi) is 3.38. The lowest BCUT2D eigenvalue weighted by atomic mass is 9.89. The van der Waals surface area contributed by atoms with E-state index < -0.39 is 5.41 Å². The summed E-state index contributed by atoms with van der Waals surface area (Å²) in [6, 6.07) is 5.18. The normalized spacial score (nSPS) is 23.1. The van der Waals surface area contributed by atoms with Gasteiger partial charge in [-0.3, -0.25) is 9.59 Å². The maximum Gasteiger partial charge on any atom is 0.272 e. The molecule has 2 N–H and O–H groups in total. The van der Waals surface area contributed by atoms with Crippen LogP contribution < -0.4 is 5.73 Å². The Morgan fingerprint density at radius 2 is 2.22 bits per heavy atom. The van der Waals surface area contributed by atoms with Crippen molar-refractivity contribution in [3.8, 4) is 0 Å². The molecule has 1 atom stereocenters. The topological polar surface area (TPSA) is 76.3 Å². The fraction of sp³-hybridized carbons (Fsp3) is 0.417. The fourth-order valence-corrected chi connectivity index (χ4v) is 2.37. The van der Waals surface area contributed by atoms with Gasteiger partial charge in [-0.05, 0) is 41.4 Å². The van der Waals surface area contributed by atoms with Crippen LogP contribution in [0.5, 0.6) is 0 Å². The van der Waals surface area contributed by atoms with Gasteiger partial charge >= 0.3 is 0 Å². The van der Waals surface area contributed by atoms with Crippen molar-refractivity contribution in [1.82, 2.24) is 9.88 Å². The number of likely N-dealkylation sites (tertiary alicyclic amines) is 1. The molecule has 18 heavy (non-hydrogen) atoms. The highest BCUT2D eigenvalue weighted by Crippen LogP contribution is 2.30. The number of halogens is 1. The first-order valence-electron chi connectivity index (χ1n) is 5.64. The predicted octanol–water partition coefficient (Wildman–Crippen LogP) is 1.18. The highest BCUT2D eigenvalue weighted by molar-refractivity contribution is 9.10. The number of hydrogen-bond donors (Lipinski definition) is 1. The van der Waals surface area contributed by atoms with E-state index in [4.69, 9.17) is 5.73 Å². The minimum absolute atomic E-state index is 0.165. The average molecular weight is 312 g/mol. The first kappa shape index (κ1) is 13.0. The Morgan fingerprint density at radius 1 is 1.50 bits per heavy atom. The third-order valence-corrected chi connectivity index (χ3v) is 3.73. The molecule has 96 valence electrons. The Balaban J connectivity index is 2.15. The van der Waals surface area contributed by atoms with E-state index in [1.807, 2.05) is 0 Å². The second-order valence-electron chi connectivity index (χ2n) is 4.75. The van der Waals surface area contributed by atoms with Gasteiger partial charge in [0.1, 0.15) is 10.3 Å². The number of primary amides is 1. The molecule has 0 radical (unpaired) electrons. The van der Waals surface area contributed by atoms with Gasteiger partial charge in [0.2, 0.25) is 5.91 Å². The molecule has 6 heteroatoms. The van der Waals surface area contributed by atoms with E-state index in [1.54, 1.807) is 30.0 Å². The largest absolute Gasteiger partial charge is 0.369 e. The van der Waals surface area contributed by atoms with Crippen LogP contribution in [0.3, 0.4) is 0 Å². The standard InChI is InChI=1S/C12H14BrN3O2/c1-12(11(14)18)5-6-16(7-12)10(17)8-3-2-4-9(13)15-8/h2-4H,5-7H2,1H3,(H2,14,18). The number of nitrogens with two attached hydrogens (primary N) is 1. The monoisotopic (exact) mass is 311 g/mol. The van der Waals surface area contributed by atoms with Crippen LogP contribution in [-0.2, 0) is 4.79 Å². The Morgan fingerprint density at radius 3 is 2.78 bits per heavy atom. The van der Waals surface area contributed by atoms with Crippen molar-refractivity contribution in [2.45, 2.75) is 13.3 Å². The first-order valence-corrected chi connectivity index (χ1v) is 6.43. The van der Waals surface area contributed by atoms with Crippen molar-refractivity contribution < 1.29 is 9.59 Å². The minimum Gasteiger partial charge on any atom is -0.369 e. The smallest absolute Gasteiger partial charge is 0.272 e. The van der Waals surface area contributed by atoms with E-state index >= 15 is 0 Å². The highest BCUT2D eigenvalue weighted by atomic mass is 79.9. The zero-order valence-corrected chi connectivity index (χ0v) is 11.6. The van der Waals surface area contributed by atoms with E-state index in [-0.39, 0.29) is 11.8 Å². The second kappa shape index (κ2) is 4.68. The number of rotatable bonds is 2. The van der Waals surface area contributed by atoms with Crippen molar-refractivity contribution in [2.24, 2.45) is 11.1 Å². The zero-order valence-electron chi connectivity index (χ0n) is 10.0. The number of carbonyl (C=O) groups excluding carboxylic acids is 2. The molecule has 0 bridgehead atoms. The molecule has 1 aliphatic rings. The number of carbonyl (C=O) groups is 2. The molecular formula is C12H14BrN3O2. The van der Waals surface area contributed by atoms with Crippen LogP contribution in [0.15, 0.2) is 22.8 Å². The Hall–Kier alpha value is -1.43. The minimum atomic E-state index is -0.623. The molecule has 0 aliphatic carbocycles. The number of aromatic nitrogens is 1. The van der Waals surface area contributed by atoms with Crippen LogP contribution in [0.2, 0.25) is 0 Å². The van der Waals surface area contributed by atoms with E-state index in [1.165, 1.54) is 0 Å². The van der Waals surface area contributed by atoms with Gasteiger partial charge in [0.05, 0.1) is 5.41 Å². The molecule has 1 aliphatic heterocycles. The molecule has 2 heterocycles. The van der Waals surface area contributed by atoms with Gasteiger partial charge in [0, 0.05) is 13.1 Å². The summed E-state index contributed by atoms with van der Waals surface area (Å²) in [5, 5.41) is 0. The summed E-state index contributed by atoms with van der Waals surface area (Å²) in [4.78, 5) is 29.3. The SMILES string of the molecule is CC1(C(N)=O)CCN(C(=O)c2cccc(Br)n2)C1. The number of pyridine rings is 1. The van der Waals surface area contributed by atoms with Crippen LogP contribution >= 0.6 is 15.9 Å². The van der Waals surface area contributed by atoms with Gasteiger partial charge < -0.3 is 10.6 Å². The van der Waals surface area contributed by atoms with Crippen LogP contribution in [-0.4, -0.2) is 34.8 Å². The number of hydrogen-bond acceptors (Lipinski definition) is 3.